The molecule has 1 aromatic heterocycles. The fourth-order valence-electron chi connectivity index (χ4n) is 3.51. The Morgan fingerprint density at radius 2 is 1.78 bits per heavy atom. The largest absolute Gasteiger partial charge is 0.325 e. The van der Waals surface area contributed by atoms with Gasteiger partial charge in [0.05, 0.1) is 5.56 Å². The van der Waals surface area contributed by atoms with Crippen molar-refractivity contribution in [2.45, 2.75) is 37.9 Å². The first kappa shape index (κ1) is 22.0. The highest BCUT2D eigenvalue weighted by molar-refractivity contribution is 7.99. The number of nitrogens with zero attached hydrogens (tertiary/aromatic N) is 4. The van der Waals surface area contributed by atoms with Gasteiger partial charge in [-0.15, -0.1) is 10.2 Å². The second-order valence-corrected chi connectivity index (χ2v) is 9.23. The first-order valence-corrected chi connectivity index (χ1v) is 11.3. The Morgan fingerprint density at radius 1 is 1.06 bits per heavy atom. The van der Waals surface area contributed by atoms with E-state index in [1.165, 1.54) is 22.7 Å². The van der Waals surface area contributed by atoms with Crippen molar-refractivity contribution < 1.29 is 14.0 Å². The molecule has 3 aromatic rings. The van der Waals surface area contributed by atoms with Crippen molar-refractivity contribution in [2.75, 3.05) is 12.3 Å². The molecular weight excluding hydrogens is 429 g/mol. The third-order valence-electron chi connectivity index (χ3n) is 5.24. The third-order valence-corrected chi connectivity index (χ3v) is 6.26. The maximum atomic E-state index is 14.5. The average Bonchev–Trinajstić information content (AvgIpc) is 3.25. The second kappa shape index (κ2) is 8.74. The number of nitrogens with one attached hydrogen (secondary N) is 1. The van der Waals surface area contributed by atoms with Gasteiger partial charge in [0.2, 0.25) is 0 Å². The van der Waals surface area contributed by atoms with E-state index in [1.54, 1.807) is 32.0 Å². The molecule has 0 radical (unpaired) electrons. The quantitative estimate of drug-likeness (QED) is 0.330. The molecule has 0 bridgehead atoms. The third kappa shape index (κ3) is 4.25. The van der Waals surface area contributed by atoms with Crippen LogP contribution in [-0.4, -0.2) is 49.4 Å². The number of imide groups is 1. The van der Waals surface area contributed by atoms with Crippen LogP contribution >= 0.6 is 11.8 Å². The number of amides is 3. The summed E-state index contributed by atoms with van der Waals surface area (Å²) in [6, 6.07) is 14.0. The number of aryl methyl sites for hydroxylation is 1. The highest BCUT2D eigenvalue weighted by atomic mass is 32.2. The molecule has 3 amide bonds. The summed E-state index contributed by atoms with van der Waals surface area (Å²) in [4.78, 5) is 25.6. The summed E-state index contributed by atoms with van der Waals surface area (Å²) in [5.74, 6) is 0.437. The van der Waals surface area contributed by atoms with Gasteiger partial charge >= 0.3 is 6.03 Å². The lowest BCUT2D eigenvalue weighted by atomic mass is 10.1. The molecule has 0 atom stereocenters. The summed E-state index contributed by atoms with van der Waals surface area (Å²) >= 11 is 1.45. The van der Waals surface area contributed by atoms with Crippen molar-refractivity contribution in [1.29, 1.82) is 0 Å². The Balaban J connectivity index is 1.54. The minimum absolute atomic E-state index is 0.225. The predicted molar refractivity (Wildman–Crippen MR) is 121 cm³/mol. The van der Waals surface area contributed by atoms with Crippen LogP contribution in [0.4, 0.5) is 9.18 Å². The molecular formula is C23H24FN5O2S. The number of rotatable bonds is 7. The molecule has 32 heavy (non-hydrogen) atoms. The van der Waals surface area contributed by atoms with Crippen molar-refractivity contribution >= 4 is 23.7 Å². The number of halogens is 1. The molecule has 1 aliphatic heterocycles. The molecule has 2 heterocycles. The Morgan fingerprint density at radius 3 is 2.44 bits per heavy atom. The molecule has 2 aromatic carbocycles. The number of thioether (sulfide) groups is 1. The Hall–Kier alpha value is -3.20. The maximum Gasteiger partial charge on any atom is 0.325 e. The lowest BCUT2D eigenvalue weighted by Crippen LogP contribution is -2.40. The fourth-order valence-corrected chi connectivity index (χ4v) is 4.39. The highest BCUT2D eigenvalue weighted by Crippen LogP contribution is 2.30. The fraction of sp³-hybridized carbons (Fsp3) is 0.304. The Labute approximate surface area is 190 Å². The van der Waals surface area contributed by atoms with Crippen molar-refractivity contribution in [3.63, 3.8) is 0 Å². The van der Waals surface area contributed by atoms with Gasteiger partial charge in [0.25, 0.3) is 5.91 Å². The number of benzene rings is 2. The lowest BCUT2D eigenvalue weighted by Gasteiger charge is -2.15. The van der Waals surface area contributed by atoms with Gasteiger partial charge in [-0.05, 0) is 51.5 Å². The molecule has 7 nitrogen and oxygen atoms in total. The molecule has 1 fully saturated rings. The summed E-state index contributed by atoms with van der Waals surface area (Å²) < 4.78 is 16.3. The summed E-state index contributed by atoms with van der Waals surface area (Å²) in [7, 11) is 0. The van der Waals surface area contributed by atoms with Crippen molar-refractivity contribution in [3.05, 3.63) is 59.9 Å². The summed E-state index contributed by atoms with van der Waals surface area (Å²) in [6.07, 6.45) is 0.593. The van der Waals surface area contributed by atoms with Crippen LogP contribution in [0.3, 0.4) is 0 Å². The van der Waals surface area contributed by atoms with Crippen LogP contribution in [-0.2, 0) is 4.79 Å². The van der Waals surface area contributed by atoms with Crippen LogP contribution in [0, 0.1) is 12.7 Å². The van der Waals surface area contributed by atoms with E-state index < -0.39 is 5.54 Å². The van der Waals surface area contributed by atoms with Crippen molar-refractivity contribution in [2.24, 2.45) is 0 Å². The second-order valence-electron chi connectivity index (χ2n) is 8.17. The molecule has 1 saturated heterocycles. The van der Waals surface area contributed by atoms with E-state index in [-0.39, 0.29) is 17.8 Å². The first-order valence-electron chi connectivity index (χ1n) is 10.3. The van der Waals surface area contributed by atoms with E-state index in [0.717, 1.165) is 11.3 Å². The molecule has 166 valence electrons. The smallest absolute Gasteiger partial charge is 0.324 e. The number of urea groups is 1. The van der Waals surface area contributed by atoms with E-state index in [1.807, 2.05) is 35.8 Å². The summed E-state index contributed by atoms with van der Waals surface area (Å²) in [6.45, 7) is 5.70. The van der Waals surface area contributed by atoms with Crippen molar-refractivity contribution in [1.82, 2.24) is 25.0 Å². The molecule has 0 unspecified atom stereocenters. The van der Waals surface area contributed by atoms with E-state index in [0.29, 0.717) is 35.3 Å². The van der Waals surface area contributed by atoms with E-state index >= 15 is 0 Å². The summed E-state index contributed by atoms with van der Waals surface area (Å²) in [5.41, 5.74) is 1.44. The number of aromatic nitrogens is 3. The maximum absolute atomic E-state index is 14.5. The number of hydrogen-bond donors (Lipinski definition) is 1. The van der Waals surface area contributed by atoms with Crippen LogP contribution in [0.1, 0.15) is 25.8 Å². The molecule has 0 aliphatic carbocycles. The molecule has 0 spiro atoms. The summed E-state index contributed by atoms with van der Waals surface area (Å²) in [5, 5.41) is 11.9. The van der Waals surface area contributed by atoms with Crippen LogP contribution in [0.25, 0.3) is 17.1 Å². The molecule has 1 N–H and O–H groups in total. The molecule has 1 aliphatic rings. The van der Waals surface area contributed by atoms with E-state index in [2.05, 4.69) is 15.5 Å². The van der Waals surface area contributed by atoms with E-state index in [4.69, 9.17) is 0 Å². The molecule has 0 saturated carbocycles. The zero-order chi connectivity index (χ0) is 22.9. The lowest BCUT2D eigenvalue weighted by molar-refractivity contribution is -0.130. The van der Waals surface area contributed by atoms with Crippen LogP contribution in [0.15, 0.2) is 53.7 Å². The van der Waals surface area contributed by atoms with Crippen LogP contribution < -0.4 is 5.32 Å². The number of hydrogen-bond acceptors (Lipinski definition) is 5. The Kier molecular flexibility index (Phi) is 6.01. The van der Waals surface area contributed by atoms with Gasteiger partial charge in [0, 0.05) is 18.0 Å². The van der Waals surface area contributed by atoms with Gasteiger partial charge < -0.3 is 5.32 Å². The van der Waals surface area contributed by atoms with Gasteiger partial charge in [-0.25, -0.2) is 9.18 Å². The SMILES string of the molecule is Cc1ccc(-n2c(SCCCN3C(=O)NC(C)(C)C3=O)nnc2-c2ccccc2F)cc1. The number of carbonyl (C=O) groups excluding carboxylic acids is 2. The minimum atomic E-state index is -0.871. The van der Waals surface area contributed by atoms with Gasteiger partial charge in [0.1, 0.15) is 11.4 Å². The topological polar surface area (TPSA) is 80.1 Å². The minimum Gasteiger partial charge on any atom is -0.324 e. The average molecular weight is 454 g/mol. The number of carbonyl (C=O) groups is 2. The molecule has 9 heteroatoms. The zero-order valence-electron chi connectivity index (χ0n) is 18.1. The monoisotopic (exact) mass is 453 g/mol. The van der Waals surface area contributed by atoms with Gasteiger partial charge in [-0.1, -0.05) is 41.6 Å². The normalized spacial score (nSPS) is 15.3. The van der Waals surface area contributed by atoms with Crippen LogP contribution in [0.5, 0.6) is 0 Å². The van der Waals surface area contributed by atoms with Gasteiger partial charge in [0.15, 0.2) is 11.0 Å². The Bertz CT molecular complexity index is 1160. The zero-order valence-corrected chi connectivity index (χ0v) is 18.9. The standard InChI is InChI=1S/C23H24FN5O2S/c1-15-9-11-16(12-10-15)29-19(17-7-4-5-8-18(17)24)26-27-22(29)32-14-6-13-28-20(30)23(2,3)25-21(28)31/h4-5,7-12H,6,13-14H2,1-3H3,(H,25,31). The van der Waals surface area contributed by atoms with Gasteiger partial charge in [-0.2, -0.15) is 0 Å². The van der Waals surface area contributed by atoms with E-state index in [9.17, 15) is 14.0 Å². The predicted octanol–water partition coefficient (Wildman–Crippen LogP) is 4.19. The van der Waals surface area contributed by atoms with Gasteiger partial charge in [-0.3, -0.25) is 14.3 Å². The molecule has 4 rings (SSSR count). The highest BCUT2D eigenvalue weighted by Gasteiger charge is 2.43. The van der Waals surface area contributed by atoms with Crippen LogP contribution in [0.2, 0.25) is 0 Å². The first-order chi connectivity index (χ1) is 15.3. The van der Waals surface area contributed by atoms with Crippen molar-refractivity contribution in [3.8, 4) is 17.1 Å².